The van der Waals surface area contributed by atoms with E-state index in [1.165, 1.54) is 88.7 Å². The summed E-state index contributed by atoms with van der Waals surface area (Å²) in [5, 5.41) is 2.53. The number of allylic oxidation sites excluding steroid dienone is 4. The van der Waals surface area contributed by atoms with Gasteiger partial charge in [-0.25, -0.2) is 0 Å². The van der Waals surface area contributed by atoms with Crippen LogP contribution in [-0.2, 0) is 10.8 Å². The van der Waals surface area contributed by atoms with Gasteiger partial charge in [0.2, 0.25) is 11.4 Å². The second-order valence-electron chi connectivity index (χ2n) is 18.5. The van der Waals surface area contributed by atoms with E-state index in [1.807, 2.05) is 0 Å². The van der Waals surface area contributed by atoms with Crippen molar-refractivity contribution in [3.63, 3.8) is 0 Å². The predicted molar refractivity (Wildman–Crippen MR) is 275 cm³/mol. The van der Waals surface area contributed by atoms with E-state index in [4.69, 9.17) is 0 Å². The van der Waals surface area contributed by atoms with Crippen LogP contribution in [0.15, 0.2) is 224 Å². The third-order valence-corrected chi connectivity index (χ3v) is 14.9. The van der Waals surface area contributed by atoms with Crippen LogP contribution in [0, 0.1) is 5.92 Å². The molecule has 310 valence electrons. The molecule has 0 fully saturated rings. The van der Waals surface area contributed by atoms with Crippen molar-refractivity contribution in [2.75, 3.05) is 0 Å². The molecule has 0 spiro atoms. The van der Waals surface area contributed by atoms with E-state index in [0.29, 0.717) is 5.92 Å². The Bertz CT molecular complexity index is 3440. The molecule has 3 aliphatic carbocycles. The summed E-state index contributed by atoms with van der Waals surface area (Å²) < 4.78 is 2.50. The summed E-state index contributed by atoms with van der Waals surface area (Å²) in [5.74, 6) is 0.547. The fraction of sp³-hybridized carbons (Fsp3) is 0.109. The minimum absolute atomic E-state index is 0.336. The lowest BCUT2D eigenvalue weighted by atomic mass is 9.74. The maximum atomic E-state index is 2.50. The van der Waals surface area contributed by atoms with Gasteiger partial charge in [0.25, 0.3) is 0 Å². The van der Waals surface area contributed by atoms with E-state index >= 15 is 0 Å². The Labute approximate surface area is 383 Å². The second-order valence-corrected chi connectivity index (χ2v) is 18.5. The first-order chi connectivity index (χ1) is 31.9. The SMILES string of the molecule is CC1C=CC(c2cccc3cccc(-c4ccccc4/C=[N+](\c4ccc5c(c4)C(C)(c4ccccc4)c4ccccc4-5)c4cccc5c4-c4ccccc4C5(C)c4ccccc4)c23)=CC1. The van der Waals surface area contributed by atoms with Crippen LogP contribution < -0.4 is 4.58 Å². The van der Waals surface area contributed by atoms with Gasteiger partial charge >= 0.3 is 0 Å². The molecule has 9 aromatic carbocycles. The summed E-state index contributed by atoms with van der Waals surface area (Å²) >= 11 is 0. The van der Waals surface area contributed by atoms with E-state index < -0.39 is 0 Å². The van der Waals surface area contributed by atoms with E-state index in [1.54, 1.807) is 0 Å². The molecule has 1 nitrogen and oxygen atoms in total. The molecule has 0 bridgehead atoms. The molecule has 0 aliphatic heterocycles. The Kier molecular flexibility index (Phi) is 9.17. The molecular weight excluding hydrogens is 783 g/mol. The van der Waals surface area contributed by atoms with Crippen LogP contribution in [0.5, 0.6) is 0 Å². The molecule has 0 heterocycles. The lowest BCUT2D eigenvalue weighted by molar-refractivity contribution is 0.712. The van der Waals surface area contributed by atoms with Gasteiger partial charge in [0, 0.05) is 34.6 Å². The van der Waals surface area contributed by atoms with Gasteiger partial charge in [-0.15, -0.1) is 0 Å². The van der Waals surface area contributed by atoms with Crippen molar-refractivity contribution < 1.29 is 0 Å². The number of fused-ring (bicyclic) bond motifs is 7. The Morgan fingerprint density at radius 2 is 1.03 bits per heavy atom. The fourth-order valence-electron chi connectivity index (χ4n) is 11.5. The molecule has 0 aromatic heterocycles. The number of rotatable bonds is 7. The van der Waals surface area contributed by atoms with Crippen LogP contribution in [0.3, 0.4) is 0 Å². The van der Waals surface area contributed by atoms with Gasteiger partial charge in [-0.05, 0) is 121 Å². The topological polar surface area (TPSA) is 3.01 Å². The highest BCUT2D eigenvalue weighted by molar-refractivity contribution is 6.08. The van der Waals surface area contributed by atoms with Gasteiger partial charge in [-0.3, -0.25) is 0 Å². The van der Waals surface area contributed by atoms with E-state index in [0.717, 1.165) is 23.4 Å². The van der Waals surface area contributed by atoms with Crippen LogP contribution in [0.1, 0.15) is 71.7 Å². The van der Waals surface area contributed by atoms with Crippen LogP contribution in [-0.4, -0.2) is 6.21 Å². The van der Waals surface area contributed by atoms with Gasteiger partial charge in [0.05, 0.1) is 5.56 Å². The number of benzene rings is 9. The highest BCUT2D eigenvalue weighted by Crippen LogP contribution is 2.57. The van der Waals surface area contributed by atoms with Gasteiger partial charge < -0.3 is 0 Å². The molecular formula is C64H50N+. The normalized spacial score (nSPS) is 19.3. The Morgan fingerprint density at radius 1 is 0.477 bits per heavy atom. The largest absolute Gasteiger partial charge is 0.219 e. The number of hydrogen-bond acceptors (Lipinski definition) is 0. The Hall–Kier alpha value is -7.61. The predicted octanol–water partition coefficient (Wildman–Crippen LogP) is 16.1. The van der Waals surface area contributed by atoms with Crippen molar-refractivity contribution in [3.05, 3.63) is 269 Å². The first kappa shape index (κ1) is 39.0. The van der Waals surface area contributed by atoms with Crippen LogP contribution >= 0.6 is 0 Å². The number of nitrogens with zero attached hydrogens (tertiary/aromatic N) is 1. The molecule has 0 N–H and O–H groups in total. The van der Waals surface area contributed by atoms with Gasteiger partial charge in [-0.1, -0.05) is 201 Å². The van der Waals surface area contributed by atoms with Crippen LogP contribution in [0.2, 0.25) is 0 Å². The van der Waals surface area contributed by atoms with E-state index in [-0.39, 0.29) is 10.8 Å². The minimum Gasteiger partial charge on any atom is -0.159 e. The zero-order valence-electron chi connectivity index (χ0n) is 37.2. The molecule has 3 atom stereocenters. The highest BCUT2D eigenvalue weighted by atomic mass is 15.0. The second kappa shape index (κ2) is 15.3. The lowest BCUT2D eigenvalue weighted by Gasteiger charge is -2.28. The van der Waals surface area contributed by atoms with E-state index in [2.05, 4.69) is 256 Å². The molecule has 0 amide bonds. The minimum atomic E-state index is -0.344. The maximum Gasteiger partial charge on any atom is 0.219 e. The van der Waals surface area contributed by atoms with Gasteiger partial charge in [0.15, 0.2) is 6.21 Å². The third-order valence-electron chi connectivity index (χ3n) is 14.9. The van der Waals surface area contributed by atoms with Crippen molar-refractivity contribution in [1.82, 2.24) is 4.58 Å². The standard InChI is InChI=1S/C64H50N/c1-43-35-37-44(38-36-43)51-29-16-20-45-21-17-30-54(61(45)51)50-26-11-10-19-46(50)42-65(49-39-40-53-52-27-12-14-31-56(52)64(3,59(53)41-49)48-24-8-5-9-25-48)60-34-18-33-58-62(60)55-28-13-15-32-57(55)63(58,2)47-22-6-4-7-23-47/h4-35,37-43H,36H2,1-3H3/q+1/b65-42+. The van der Waals surface area contributed by atoms with Crippen LogP contribution in [0.4, 0.5) is 11.4 Å². The molecule has 9 aromatic rings. The van der Waals surface area contributed by atoms with Crippen LogP contribution in [0.25, 0.3) is 49.7 Å². The molecule has 0 saturated carbocycles. The summed E-state index contributed by atoms with van der Waals surface area (Å²) in [7, 11) is 0. The molecule has 65 heavy (non-hydrogen) atoms. The van der Waals surface area contributed by atoms with Crippen molar-refractivity contribution in [3.8, 4) is 33.4 Å². The molecule has 0 radical (unpaired) electrons. The summed E-state index contributed by atoms with van der Waals surface area (Å²) in [6, 6.07) is 76.9. The molecule has 0 saturated heterocycles. The van der Waals surface area contributed by atoms with Crippen molar-refractivity contribution in [2.24, 2.45) is 5.92 Å². The molecule has 12 rings (SSSR count). The quantitative estimate of drug-likeness (QED) is 0.111. The van der Waals surface area contributed by atoms with E-state index in [9.17, 15) is 0 Å². The highest BCUT2D eigenvalue weighted by Gasteiger charge is 2.45. The monoisotopic (exact) mass is 832 g/mol. The van der Waals surface area contributed by atoms with Gasteiger partial charge in [-0.2, -0.15) is 4.58 Å². The fourth-order valence-corrected chi connectivity index (χ4v) is 11.5. The summed E-state index contributed by atoms with van der Waals surface area (Å²) in [4.78, 5) is 0. The first-order valence-electron chi connectivity index (χ1n) is 23.2. The maximum absolute atomic E-state index is 2.50. The molecule has 3 aliphatic rings. The van der Waals surface area contributed by atoms with Crippen molar-refractivity contribution in [2.45, 2.75) is 38.0 Å². The Morgan fingerprint density at radius 3 is 1.74 bits per heavy atom. The smallest absolute Gasteiger partial charge is 0.159 e. The lowest BCUT2D eigenvalue weighted by Crippen LogP contribution is -2.23. The zero-order chi connectivity index (χ0) is 43.7. The summed E-state index contributed by atoms with van der Waals surface area (Å²) in [5.41, 5.74) is 20.8. The van der Waals surface area contributed by atoms with Crippen molar-refractivity contribution >= 4 is 33.9 Å². The third kappa shape index (κ3) is 6.03. The Balaban J connectivity index is 1.14. The summed E-state index contributed by atoms with van der Waals surface area (Å²) in [6.45, 7) is 7.12. The zero-order valence-corrected chi connectivity index (χ0v) is 37.2. The number of hydrogen-bond donors (Lipinski definition) is 0. The average Bonchev–Trinajstić information content (AvgIpc) is 3.79. The van der Waals surface area contributed by atoms with Crippen molar-refractivity contribution in [1.29, 1.82) is 0 Å². The average molecular weight is 833 g/mol. The molecule has 1 heteroatoms. The first-order valence-corrected chi connectivity index (χ1v) is 23.2. The summed E-state index contributed by atoms with van der Waals surface area (Å²) in [6.07, 6.45) is 10.6. The molecule has 3 unspecified atom stereocenters. The van der Waals surface area contributed by atoms with Gasteiger partial charge in [0.1, 0.15) is 0 Å².